The summed E-state index contributed by atoms with van der Waals surface area (Å²) in [5.74, 6) is -0.910. The van der Waals surface area contributed by atoms with Crippen molar-refractivity contribution in [2.75, 3.05) is 12.4 Å². The van der Waals surface area contributed by atoms with E-state index in [2.05, 4.69) is 15.2 Å². The number of benzene rings is 1. The Bertz CT molecular complexity index is 1410. The Morgan fingerprint density at radius 1 is 1.17 bits per heavy atom. The number of alkyl halides is 6. The van der Waals surface area contributed by atoms with Crippen LogP contribution < -0.4 is 16.4 Å². The van der Waals surface area contributed by atoms with Crippen molar-refractivity contribution in [2.24, 2.45) is 0 Å². The fraction of sp³-hybridized carbons (Fsp3) is 0.250. The van der Waals surface area contributed by atoms with Crippen LogP contribution in [0.1, 0.15) is 17.4 Å². The third-order valence-corrected chi connectivity index (χ3v) is 4.79. The second kappa shape index (κ2) is 9.32. The van der Waals surface area contributed by atoms with Gasteiger partial charge in [0.25, 0.3) is 5.56 Å². The van der Waals surface area contributed by atoms with E-state index in [-0.39, 0.29) is 11.2 Å². The van der Waals surface area contributed by atoms with E-state index < -0.39 is 58.5 Å². The van der Waals surface area contributed by atoms with Gasteiger partial charge in [-0.1, -0.05) is 0 Å². The lowest BCUT2D eigenvalue weighted by Crippen LogP contribution is -2.33. The summed E-state index contributed by atoms with van der Waals surface area (Å²) in [5, 5.41) is 19.4. The minimum atomic E-state index is -5.09. The maximum Gasteiger partial charge on any atom is 0.420 e. The zero-order valence-corrected chi connectivity index (χ0v) is 17.7. The van der Waals surface area contributed by atoms with Gasteiger partial charge in [-0.05, 0) is 30.3 Å². The van der Waals surface area contributed by atoms with Crippen LogP contribution in [0.3, 0.4) is 0 Å². The highest BCUT2D eigenvalue weighted by Gasteiger charge is 2.44. The summed E-state index contributed by atoms with van der Waals surface area (Å²) in [5.41, 5.74) is -3.39. The number of fused-ring (bicyclic) bond motifs is 1. The predicted molar refractivity (Wildman–Crippen MR) is 110 cm³/mol. The molecule has 3 N–H and O–H groups in total. The van der Waals surface area contributed by atoms with E-state index in [0.717, 1.165) is 10.9 Å². The predicted octanol–water partition coefficient (Wildman–Crippen LogP) is 3.04. The van der Waals surface area contributed by atoms with Crippen molar-refractivity contribution in [3.8, 4) is 0 Å². The van der Waals surface area contributed by atoms with Crippen molar-refractivity contribution in [1.29, 1.82) is 10.8 Å². The Balaban J connectivity index is 2.11. The zero-order chi connectivity index (χ0) is 26.1. The summed E-state index contributed by atoms with van der Waals surface area (Å²) in [4.78, 5) is 25.3. The maximum atomic E-state index is 13.6. The third kappa shape index (κ3) is 5.40. The quantitative estimate of drug-likeness (QED) is 0.272. The summed E-state index contributed by atoms with van der Waals surface area (Å²) in [6.07, 6.45) is -10.8. The monoisotopic (exact) mass is 502 g/mol. The fourth-order valence-electron chi connectivity index (χ4n) is 3.22. The molecular weight excluding hydrogens is 486 g/mol. The molecule has 3 rings (SSSR count). The van der Waals surface area contributed by atoms with Crippen LogP contribution in [0.4, 0.5) is 32.0 Å². The van der Waals surface area contributed by atoms with E-state index in [9.17, 15) is 35.9 Å². The molecule has 2 aromatic heterocycles. The SMILES string of the molecule is COC(c1nn(CC(=O)Nc2ccc(=N)n(C=N)c2)c(=O)c2ccc(C(F)(F)F)cc12)C(F)(F)F. The van der Waals surface area contributed by atoms with Gasteiger partial charge in [-0.3, -0.25) is 25.0 Å². The maximum absolute atomic E-state index is 13.6. The number of hydrogen-bond donors (Lipinski definition) is 3. The molecule has 0 aliphatic heterocycles. The Hall–Kier alpha value is -4.01. The topological polar surface area (TPSA) is 126 Å². The van der Waals surface area contributed by atoms with Crippen LogP contribution in [-0.2, 0) is 22.3 Å². The fourth-order valence-corrected chi connectivity index (χ4v) is 3.22. The number of anilines is 1. The van der Waals surface area contributed by atoms with Crippen LogP contribution in [0.15, 0.2) is 41.3 Å². The minimum absolute atomic E-state index is 0.0777. The van der Waals surface area contributed by atoms with Crippen molar-refractivity contribution in [1.82, 2.24) is 14.3 Å². The molecular formula is C20H16F6N6O3. The lowest BCUT2D eigenvalue weighted by molar-refractivity contribution is -0.217. The first kappa shape index (κ1) is 25.6. The number of nitrogens with one attached hydrogen (secondary N) is 3. The van der Waals surface area contributed by atoms with Gasteiger partial charge in [0.1, 0.15) is 17.7 Å². The summed E-state index contributed by atoms with van der Waals surface area (Å²) in [7, 11) is 0.677. The Kier molecular flexibility index (Phi) is 6.82. The minimum Gasteiger partial charge on any atom is -0.366 e. The normalized spacial score (nSPS) is 13.0. The smallest absolute Gasteiger partial charge is 0.366 e. The lowest BCUT2D eigenvalue weighted by atomic mass is 10.0. The van der Waals surface area contributed by atoms with Gasteiger partial charge in [-0.2, -0.15) is 31.4 Å². The average Bonchev–Trinajstić information content (AvgIpc) is 2.76. The molecule has 0 saturated carbocycles. The number of pyridine rings is 1. The molecule has 3 aromatic rings. The molecule has 1 unspecified atom stereocenters. The molecule has 35 heavy (non-hydrogen) atoms. The van der Waals surface area contributed by atoms with Crippen molar-refractivity contribution in [3.05, 3.63) is 63.6 Å². The third-order valence-electron chi connectivity index (χ3n) is 4.79. The first-order chi connectivity index (χ1) is 16.3. The molecule has 1 aromatic carbocycles. The highest BCUT2D eigenvalue weighted by atomic mass is 19.4. The van der Waals surface area contributed by atoms with Crippen LogP contribution in [0.25, 0.3) is 10.8 Å². The van der Waals surface area contributed by atoms with Crippen LogP contribution in [-0.4, -0.2) is 39.9 Å². The summed E-state index contributed by atoms with van der Waals surface area (Å²) in [6, 6.07) is 4.18. The number of carbonyl (C=O) groups is 1. The van der Waals surface area contributed by atoms with E-state index in [0.29, 0.717) is 30.0 Å². The Morgan fingerprint density at radius 2 is 1.86 bits per heavy atom. The van der Waals surface area contributed by atoms with Crippen LogP contribution in [0.5, 0.6) is 0 Å². The Morgan fingerprint density at radius 3 is 2.43 bits per heavy atom. The molecule has 9 nitrogen and oxygen atoms in total. The average molecular weight is 502 g/mol. The van der Waals surface area contributed by atoms with E-state index in [1.807, 2.05) is 0 Å². The summed E-state index contributed by atoms with van der Waals surface area (Å²) >= 11 is 0. The largest absolute Gasteiger partial charge is 0.420 e. The number of amides is 1. The number of methoxy groups -OCH3 is 1. The van der Waals surface area contributed by atoms with Crippen molar-refractivity contribution in [2.45, 2.75) is 25.0 Å². The molecule has 2 heterocycles. The number of hydrogen-bond acceptors (Lipinski definition) is 6. The molecule has 1 atom stereocenters. The molecule has 15 heteroatoms. The number of halogens is 6. The molecule has 1 amide bonds. The van der Waals surface area contributed by atoms with Gasteiger partial charge in [0, 0.05) is 18.7 Å². The second-order valence-electron chi connectivity index (χ2n) is 7.15. The van der Waals surface area contributed by atoms with E-state index in [1.165, 1.54) is 18.3 Å². The summed E-state index contributed by atoms with van der Waals surface area (Å²) in [6.45, 7) is -0.885. The van der Waals surface area contributed by atoms with Gasteiger partial charge in [0.05, 0.1) is 23.0 Å². The summed E-state index contributed by atoms with van der Waals surface area (Å²) < 4.78 is 86.1. The Labute approximate surface area is 191 Å². The van der Waals surface area contributed by atoms with E-state index in [4.69, 9.17) is 10.8 Å². The lowest BCUT2D eigenvalue weighted by Gasteiger charge is -2.21. The van der Waals surface area contributed by atoms with Gasteiger partial charge >= 0.3 is 12.4 Å². The van der Waals surface area contributed by atoms with Gasteiger partial charge < -0.3 is 10.1 Å². The van der Waals surface area contributed by atoms with Gasteiger partial charge in [-0.25, -0.2) is 4.68 Å². The second-order valence-corrected chi connectivity index (χ2v) is 7.15. The van der Waals surface area contributed by atoms with Crippen molar-refractivity contribution < 1.29 is 35.9 Å². The number of nitrogens with zero attached hydrogens (tertiary/aromatic N) is 3. The first-order valence-corrected chi connectivity index (χ1v) is 9.55. The zero-order valence-electron chi connectivity index (χ0n) is 17.7. The molecule has 0 spiro atoms. The van der Waals surface area contributed by atoms with Crippen molar-refractivity contribution in [3.63, 3.8) is 0 Å². The number of ether oxygens (including phenoxy) is 1. The van der Waals surface area contributed by atoms with Gasteiger partial charge in [-0.15, -0.1) is 0 Å². The van der Waals surface area contributed by atoms with Gasteiger partial charge in [0.15, 0.2) is 6.10 Å². The van der Waals surface area contributed by atoms with Crippen LogP contribution in [0, 0.1) is 10.8 Å². The molecule has 0 bridgehead atoms. The molecule has 0 aliphatic carbocycles. The van der Waals surface area contributed by atoms with Crippen LogP contribution in [0.2, 0.25) is 0 Å². The standard InChI is InChI=1S/C20H16F6N6O3/c1-35-17(20(24,25)26)16-13-6-10(19(21,22)23)2-4-12(13)18(34)32(30-16)8-15(33)29-11-3-5-14(28)31(7-11)9-27/h2-7,9,17,27-28H,8H2,1H3,(H,29,33). The molecule has 0 aliphatic rings. The first-order valence-electron chi connectivity index (χ1n) is 9.55. The van der Waals surface area contributed by atoms with E-state index in [1.54, 1.807) is 0 Å². The van der Waals surface area contributed by atoms with Crippen LogP contribution >= 0.6 is 0 Å². The molecule has 0 fully saturated rings. The molecule has 186 valence electrons. The number of aromatic nitrogens is 3. The van der Waals surface area contributed by atoms with Gasteiger partial charge in [0.2, 0.25) is 5.91 Å². The number of carbonyl (C=O) groups excluding carboxylic acids is 1. The van der Waals surface area contributed by atoms with Crippen molar-refractivity contribution >= 4 is 28.7 Å². The molecule has 0 saturated heterocycles. The highest BCUT2D eigenvalue weighted by molar-refractivity contribution is 5.91. The highest BCUT2D eigenvalue weighted by Crippen LogP contribution is 2.38. The number of rotatable bonds is 6. The van der Waals surface area contributed by atoms with E-state index >= 15 is 0 Å². The molecule has 0 radical (unpaired) electrons.